The van der Waals surface area contributed by atoms with Crippen LogP contribution in [0.15, 0.2) is 54.9 Å². The first-order chi connectivity index (χ1) is 27.3. The number of H-pyrrole nitrogens is 2. The minimum Gasteiger partial charge on any atom is -0.346 e. The molecule has 4 amide bonds. The van der Waals surface area contributed by atoms with E-state index in [1.54, 1.807) is 12.4 Å². The number of carbonyl (C=O) groups excluding carboxylic acids is 4. The molecule has 2 aromatic heterocycles. The van der Waals surface area contributed by atoms with E-state index in [9.17, 15) is 36.7 Å². The van der Waals surface area contributed by atoms with Gasteiger partial charge in [-0.05, 0) is 55.4 Å². The maximum absolute atomic E-state index is 13.6. The molecule has 8 rings (SSSR count). The number of rotatable bonds is 5. The molecule has 12 nitrogen and oxygen atoms in total. The Balaban J connectivity index is 0.906. The first-order valence-corrected chi connectivity index (χ1v) is 19.5. The number of likely N-dealkylation sites (tertiary alicyclic amines) is 4. The van der Waals surface area contributed by atoms with Gasteiger partial charge in [-0.25, -0.2) is 27.5 Å². The molecule has 4 saturated heterocycles. The highest BCUT2D eigenvalue weighted by molar-refractivity contribution is 6.35. The smallest absolute Gasteiger partial charge is 0.312 e. The molecule has 300 valence electrons. The van der Waals surface area contributed by atoms with Crippen molar-refractivity contribution in [2.45, 2.75) is 82.2 Å². The Hall–Kier alpha value is -5.54. The molecule has 2 aromatic carbocycles. The minimum atomic E-state index is -2.81. The molecular weight excluding hydrogens is 744 g/mol. The van der Waals surface area contributed by atoms with E-state index in [4.69, 9.17) is 9.97 Å². The number of hydrogen-bond donors (Lipinski definition) is 2. The summed E-state index contributed by atoms with van der Waals surface area (Å²) in [7, 11) is 0. The summed E-state index contributed by atoms with van der Waals surface area (Å²) in [5.41, 5.74) is 6.14. The number of aromatic amines is 2. The van der Waals surface area contributed by atoms with Gasteiger partial charge in [-0.2, -0.15) is 0 Å². The lowest BCUT2D eigenvalue weighted by Crippen LogP contribution is -2.49. The zero-order chi connectivity index (χ0) is 40.1. The summed E-state index contributed by atoms with van der Waals surface area (Å²) in [6.07, 6.45) is 4.43. The average Bonchev–Trinajstić information content (AvgIpc) is 4.04. The van der Waals surface area contributed by atoms with Crippen molar-refractivity contribution in [3.63, 3.8) is 0 Å². The van der Waals surface area contributed by atoms with E-state index in [0.717, 1.165) is 27.8 Å². The van der Waals surface area contributed by atoms with E-state index in [1.807, 2.05) is 49.4 Å². The third-order valence-electron chi connectivity index (χ3n) is 11.8. The van der Waals surface area contributed by atoms with Crippen molar-refractivity contribution in [1.29, 1.82) is 0 Å². The summed E-state index contributed by atoms with van der Waals surface area (Å²) >= 11 is 0. The molecule has 0 spiro atoms. The number of aryl methyl sites for hydroxylation is 1. The highest BCUT2D eigenvalue weighted by Crippen LogP contribution is 2.36. The van der Waals surface area contributed by atoms with Gasteiger partial charge >= 0.3 is 23.6 Å². The summed E-state index contributed by atoms with van der Waals surface area (Å²) < 4.78 is 54.5. The van der Waals surface area contributed by atoms with E-state index >= 15 is 0 Å². The number of piperidine rings is 2. The molecule has 0 saturated carbocycles. The Morgan fingerprint density at radius 3 is 1.47 bits per heavy atom. The maximum Gasteiger partial charge on any atom is 0.312 e. The van der Waals surface area contributed by atoms with Crippen LogP contribution in [0.5, 0.6) is 0 Å². The molecule has 4 aliphatic heterocycles. The van der Waals surface area contributed by atoms with Crippen LogP contribution in [0.3, 0.4) is 0 Å². The van der Waals surface area contributed by atoms with Crippen molar-refractivity contribution in [2.24, 2.45) is 0 Å². The van der Waals surface area contributed by atoms with Crippen LogP contribution in [0.25, 0.3) is 33.6 Å². The second kappa shape index (κ2) is 15.1. The van der Waals surface area contributed by atoms with Crippen molar-refractivity contribution in [3.8, 4) is 33.6 Å². The first-order valence-electron chi connectivity index (χ1n) is 19.5. The summed E-state index contributed by atoms with van der Waals surface area (Å²) in [5, 5.41) is 0. The lowest BCUT2D eigenvalue weighted by atomic mass is 9.96. The Labute approximate surface area is 326 Å². The molecule has 2 N–H and O–H groups in total. The standard InChI is InChI=1S/C41H44F4N8O4/c1-25-22-28(31-24-47-35(49-31)33-5-3-17-53(33)39(57)37(55)51-20-14-41(44,45)15-21-51)10-11-29(25)26-6-8-27(9-7-26)30-23-46-34(48-30)32-4-2-16-52(32)38(56)36(54)50-18-12-40(42,43)13-19-50/h6-11,22-24,32-33H,2-5,12-21H2,1H3,(H,46,48)(H,47,49)/t32-,33-/m0/s1. The fourth-order valence-corrected chi connectivity index (χ4v) is 8.46. The number of nitrogens with one attached hydrogen (secondary N) is 2. The fourth-order valence-electron chi connectivity index (χ4n) is 8.46. The van der Waals surface area contributed by atoms with Gasteiger partial charge in [0.1, 0.15) is 11.6 Å². The van der Waals surface area contributed by atoms with Crippen LogP contribution >= 0.6 is 0 Å². The number of halogens is 4. The predicted octanol–water partition coefficient (Wildman–Crippen LogP) is 6.28. The third kappa shape index (κ3) is 7.77. The van der Waals surface area contributed by atoms with Crippen molar-refractivity contribution < 1.29 is 36.7 Å². The highest BCUT2D eigenvalue weighted by atomic mass is 19.3. The Morgan fingerprint density at radius 2 is 1.02 bits per heavy atom. The SMILES string of the molecule is Cc1cc(-c2c[nH]c([C@@H]3CCCN3C(=O)C(=O)N3CCC(F)(F)CC3)n2)ccc1-c1ccc(-c2c[nH]c([C@@H]3CCCN3C(=O)C(=O)N3CCC(F)(F)CC3)n2)cc1. The zero-order valence-electron chi connectivity index (χ0n) is 31.6. The van der Waals surface area contributed by atoms with E-state index in [2.05, 4.69) is 9.97 Å². The number of aromatic nitrogens is 4. The molecule has 6 heterocycles. The fraction of sp³-hybridized carbons (Fsp3) is 0.463. The van der Waals surface area contributed by atoms with Crippen LogP contribution in [0.4, 0.5) is 17.6 Å². The zero-order valence-corrected chi connectivity index (χ0v) is 31.6. The summed E-state index contributed by atoms with van der Waals surface area (Å²) in [5.74, 6) is -7.35. The molecule has 4 fully saturated rings. The summed E-state index contributed by atoms with van der Waals surface area (Å²) in [6, 6.07) is 13.2. The van der Waals surface area contributed by atoms with Gasteiger partial charge in [-0.1, -0.05) is 36.4 Å². The monoisotopic (exact) mass is 788 g/mol. The number of hydrogen-bond acceptors (Lipinski definition) is 6. The molecule has 16 heteroatoms. The molecule has 4 aliphatic rings. The Kier molecular flexibility index (Phi) is 10.1. The topological polar surface area (TPSA) is 139 Å². The quantitative estimate of drug-likeness (QED) is 0.180. The van der Waals surface area contributed by atoms with Crippen molar-refractivity contribution >= 4 is 23.6 Å². The molecule has 0 bridgehead atoms. The molecule has 57 heavy (non-hydrogen) atoms. The van der Waals surface area contributed by atoms with Crippen LogP contribution in [0, 0.1) is 6.92 Å². The largest absolute Gasteiger partial charge is 0.346 e. The third-order valence-corrected chi connectivity index (χ3v) is 11.8. The van der Waals surface area contributed by atoms with Crippen molar-refractivity contribution in [2.75, 3.05) is 39.3 Å². The van der Waals surface area contributed by atoms with Crippen LogP contribution < -0.4 is 0 Å². The molecule has 0 unspecified atom stereocenters. The van der Waals surface area contributed by atoms with Gasteiger partial charge in [-0.3, -0.25) is 19.2 Å². The van der Waals surface area contributed by atoms with Crippen LogP contribution in [-0.2, 0) is 19.2 Å². The van der Waals surface area contributed by atoms with Gasteiger partial charge in [0.05, 0.1) is 23.5 Å². The molecule has 0 radical (unpaired) electrons. The van der Waals surface area contributed by atoms with Crippen LogP contribution in [0.1, 0.15) is 80.7 Å². The van der Waals surface area contributed by atoms with Gasteiger partial charge in [0, 0.05) is 88.5 Å². The first kappa shape index (κ1) is 38.3. The maximum atomic E-state index is 13.6. The van der Waals surface area contributed by atoms with Crippen molar-refractivity contribution in [3.05, 3.63) is 72.1 Å². The number of carbonyl (C=O) groups is 4. The van der Waals surface area contributed by atoms with E-state index in [1.165, 1.54) is 19.6 Å². The lowest BCUT2D eigenvalue weighted by molar-refractivity contribution is -0.155. The van der Waals surface area contributed by atoms with Crippen LogP contribution in [-0.4, -0.2) is 114 Å². The Morgan fingerprint density at radius 1 is 0.596 bits per heavy atom. The number of imidazole rings is 2. The number of alkyl halides is 4. The minimum absolute atomic E-state index is 0.141. The number of amides is 4. The summed E-state index contributed by atoms with van der Waals surface area (Å²) in [6.45, 7) is 2.23. The van der Waals surface area contributed by atoms with Crippen molar-refractivity contribution in [1.82, 2.24) is 39.5 Å². The van der Waals surface area contributed by atoms with Gasteiger partial charge < -0.3 is 29.6 Å². The highest BCUT2D eigenvalue weighted by Gasteiger charge is 2.42. The van der Waals surface area contributed by atoms with Gasteiger partial charge in [0.25, 0.3) is 11.8 Å². The lowest BCUT2D eigenvalue weighted by Gasteiger charge is -2.33. The second-order valence-corrected chi connectivity index (χ2v) is 15.6. The van der Waals surface area contributed by atoms with E-state index in [0.29, 0.717) is 61.8 Å². The average molecular weight is 789 g/mol. The Bertz CT molecular complexity index is 2170. The van der Waals surface area contributed by atoms with E-state index < -0.39 is 73.2 Å². The van der Waals surface area contributed by atoms with Gasteiger partial charge in [0.15, 0.2) is 0 Å². The number of nitrogens with zero attached hydrogens (tertiary/aromatic N) is 6. The summed E-state index contributed by atoms with van der Waals surface area (Å²) in [4.78, 5) is 73.7. The number of benzene rings is 2. The molecule has 4 aromatic rings. The molecular formula is C41H44F4N8O4. The second-order valence-electron chi connectivity index (χ2n) is 15.6. The molecule has 2 atom stereocenters. The normalized spacial score (nSPS) is 21.9. The van der Waals surface area contributed by atoms with Gasteiger partial charge in [0.2, 0.25) is 0 Å². The van der Waals surface area contributed by atoms with E-state index in [-0.39, 0.29) is 26.2 Å². The van der Waals surface area contributed by atoms with Crippen LogP contribution in [0.2, 0.25) is 0 Å². The van der Waals surface area contributed by atoms with Gasteiger partial charge in [-0.15, -0.1) is 0 Å². The predicted molar refractivity (Wildman–Crippen MR) is 201 cm³/mol. The molecule has 0 aliphatic carbocycles.